The molecule has 0 aliphatic carbocycles. The zero-order valence-corrected chi connectivity index (χ0v) is 12.5. The lowest BCUT2D eigenvalue weighted by atomic mass is 10.0. The first-order valence-electron chi connectivity index (χ1n) is 5.93. The molecule has 1 atom stereocenters. The molecule has 102 valence electrons. The van der Waals surface area contributed by atoms with Crippen LogP contribution in [0, 0.1) is 5.92 Å². The molecular weight excluding hydrogens is 272 g/mol. The molecule has 3 nitrogen and oxygen atoms in total. The number of halogens is 1. The molecule has 1 rings (SSSR count). The molecule has 0 heterocycles. The van der Waals surface area contributed by atoms with Gasteiger partial charge in [-0.2, -0.15) is 0 Å². The Morgan fingerprint density at radius 2 is 1.94 bits per heavy atom. The number of benzene rings is 1. The Bertz CT molecular complexity index is 483. The summed E-state index contributed by atoms with van der Waals surface area (Å²) in [6.45, 7) is 6.36. The number of rotatable bonds is 6. The van der Waals surface area contributed by atoms with Crippen molar-refractivity contribution < 1.29 is 13.2 Å². The van der Waals surface area contributed by atoms with Crippen molar-refractivity contribution in [2.45, 2.75) is 26.7 Å². The maximum Gasteiger partial charge on any atom is 0.232 e. The van der Waals surface area contributed by atoms with Crippen molar-refractivity contribution in [1.29, 1.82) is 0 Å². The third-order valence-electron chi connectivity index (χ3n) is 2.54. The van der Waals surface area contributed by atoms with Crippen LogP contribution in [-0.4, -0.2) is 20.8 Å². The Morgan fingerprint density at radius 3 is 2.50 bits per heavy atom. The number of ether oxygens (including phenoxy) is 1. The second kappa shape index (κ2) is 6.43. The molecule has 0 spiro atoms. The van der Waals surface area contributed by atoms with Crippen molar-refractivity contribution >= 4 is 19.7 Å². The fourth-order valence-corrected chi connectivity index (χ4v) is 3.01. The van der Waals surface area contributed by atoms with Gasteiger partial charge in [-0.3, -0.25) is 0 Å². The zero-order chi connectivity index (χ0) is 13.8. The first-order valence-corrected chi connectivity index (χ1v) is 8.41. The van der Waals surface area contributed by atoms with Crippen molar-refractivity contribution in [2.75, 3.05) is 12.4 Å². The van der Waals surface area contributed by atoms with Crippen LogP contribution in [0.4, 0.5) is 0 Å². The van der Waals surface area contributed by atoms with Crippen molar-refractivity contribution in [1.82, 2.24) is 0 Å². The summed E-state index contributed by atoms with van der Waals surface area (Å²) < 4.78 is 27.4. The minimum absolute atomic E-state index is 0.0710. The summed E-state index contributed by atoms with van der Waals surface area (Å²) in [7, 11) is 1.74. The van der Waals surface area contributed by atoms with Crippen molar-refractivity contribution in [3.05, 3.63) is 29.8 Å². The van der Waals surface area contributed by atoms with Crippen molar-refractivity contribution in [3.8, 4) is 5.75 Å². The van der Waals surface area contributed by atoms with Gasteiger partial charge < -0.3 is 4.74 Å². The van der Waals surface area contributed by atoms with Gasteiger partial charge in [-0.25, -0.2) is 8.42 Å². The maximum atomic E-state index is 10.9. The SMILES string of the molecule is CC(COc1cccc(C(C)C)c1)CS(=O)(=O)Cl. The summed E-state index contributed by atoms with van der Waals surface area (Å²) >= 11 is 0. The molecule has 0 fully saturated rings. The third kappa shape index (κ3) is 5.74. The van der Waals surface area contributed by atoms with Crippen molar-refractivity contribution in [3.63, 3.8) is 0 Å². The Kier molecular flexibility index (Phi) is 5.47. The monoisotopic (exact) mass is 290 g/mol. The summed E-state index contributed by atoms with van der Waals surface area (Å²) in [6, 6.07) is 7.83. The van der Waals surface area contributed by atoms with E-state index in [1.54, 1.807) is 6.92 Å². The molecule has 0 amide bonds. The van der Waals surface area contributed by atoms with Gasteiger partial charge in [0.2, 0.25) is 9.05 Å². The molecule has 0 N–H and O–H groups in total. The van der Waals surface area contributed by atoms with E-state index < -0.39 is 9.05 Å². The van der Waals surface area contributed by atoms with E-state index in [2.05, 4.69) is 13.8 Å². The van der Waals surface area contributed by atoms with Gasteiger partial charge in [0.1, 0.15) is 5.75 Å². The van der Waals surface area contributed by atoms with E-state index in [0.717, 1.165) is 5.75 Å². The number of hydrogen-bond donors (Lipinski definition) is 0. The third-order valence-corrected chi connectivity index (χ3v) is 3.89. The summed E-state index contributed by atoms with van der Waals surface area (Å²) in [4.78, 5) is 0. The molecule has 5 heteroatoms. The smallest absolute Gasteiger partial charge is 0.232 e. The highest BCUT2D eigenvalue weighted by Crippen LogP contribution is 2.20. The van der Waals surface area contributed by atoms with Gasteiger partial charge in [-0.05, 0) is 23.6 Å². The Balaban J connectivity index is 2.56. The Hall–Kier alpha value is -0.740. The van der Waals surface area contributed by atoms with E-state index in [4.69, 9.17) is 15.4 Å². The fourth-order valence-electron chi connectivity index (χ4n) is 1.59. The quantitative estimate of drug-likeness (QED) is 0.754. The van der Waals surface area contributed by atoms with Gasteiger partial charge >= 0.3 is 0 Å². The molecule has 1 unspecified atom stereocenters. The molecule has 0 aromatic heterocycles. The lowest BCUT2D eigenvalue weighted by Gasteiger charge is -2.13. The molecular formula is C13H19ClO3S. The highest BCUT2D eigenvalue weighted by molar-refractivity contribution is 8.13. The van der Waals surface area contributed by atoms with Crippen molar-refractivity contribution in [2.24, 2.45) is 5.92 Å². The molecule has 1 aromatic carbocycles. The van der Waals surface area contributed by atoms with E-state index in [0.29, 0.717) is 12.5 Å². The summed E-state index contributed by atoms with van der Waals surface area (Å²) in [5.74, 6) is 1.00. The minimum atomic E-state index is -3.46. The van der Waals surface area contributed by atoms with Gasteiger partial charge in [0, 0.05) is 16.6 Å². The van der Waals surface area contributed by atoms with E-state index >= 15 is 0 Å². The summed E-state index contributed by atoms with van der Waals surface area (Å²) in [5, 5.41) is 0. The van der Waals surface area contributed by atoms with Crippen LogP contribution in [0.15, 0.2) is 24.3 Å². The molecule has 0 saturated heterocycles. The van der Waals surface area contributed by atoms with E-state index in [-0.39, 0.29) is 11.7 Å². The van der Waals surface area contributed by atoms with Crippen LogP contribution in [0.1, 0.15) is 32.3 Å². The number of hydrogen-bond acceptors (Lipinski definition) is 3. The Labute approximate surface area is 114 Å². The average Bonchev–Trinajstić information content (AvgIpc) is 2.24. The van der Waals surface area contributed by atoms with E-state index in [9.17, 15) is 8.42 Å². The summed E-state index contributed by atoms with van der Waals surface area (Å²) in [6.07, 6.45) is 0. The normalized spacial score (nSPS) is 13.6. The van der Waals surface area contributed by atoms with Gasteiger partial charge in [-0.1, -0.05) is 32.9 Å². The predicted molar refractivity (Wildman–Crippen MR) is 74.8 cm³/mol. The van der Waals surface area contributed by atoms with Crippen LogP contribution in [0.2, 0.25) is 0 Å². The standard InChI is InChI=1S/C13H19ClO3S/c1-10(2)12-5-4-6-13(7-12)17-8-11(3)9-18(14,15)16/h4-7,10-11H,8-9H2,1-3H3. The van der Waals surface area contributed by atoms with E-state index in [1.807, 2.05) is 24.3 Å². The maximum absolute atomic E-state index is 10.9. The molecule has 1 aromatic rings. The minimum Gasteiger partial charge on any atom is -0.493 e. The lowest BCUT2D eigenvalue weighted by Crippen LogP contribution is -2.16. The van der Waals surface area contributed by atoms with Crippen LogP contribution in [0.25, 0.3) is 0 Å². The Morgan fingerprint density at radius 1 is 1.28 bits per heavy atom. The fraction of sp³-hybridized carbons (Fsp3) is 0.538. The summed E-state index contributed by atoms with van der Waals surface area (Å²) in [5.41, 5.74) is 1.20. The van der Waals surface area contributed by atoms with Gasteiger partial charge in [0.05, 0.1) is 12.4 Å². The first kappa shape index (κ1) is 15.3. The largest absolute Gasteiger partial charge is 0.493 e. The molecule has 0 aliphatic heterocycles. The molecule has 0 radical (unpaired) electrons. The zero-order valence-electron chi connectivity index (χ0n) is 10.9. The van der Waals surface area contributed by atoms with E-state index in [1.165, 1.54) is 5.56 Å². The van der Waals surface area contributed by atoms with Crippen LogP contribution in [0.5, 0.6) is 5.75 Å². The van der Waals surface area contributed by atoms with Gasteiger partial charge in [0.25, 0.3) is 0 Å². The first-order chi connectivity index (χ1) is 8.28. The highest BCUT2D eigenvalue weighted by atomic mass is 35.7. The molecule has 18 heavy (non-hydrogen) atoms. The molecule has 0 bridgehead atoms. The second-order valence-corrected chi connectivity index (χ2v) is 7.67. The topological polar surface area (TPSA) is 43.4 Å². The lowest BCUT2D eigenvalue weighted by molar-refractivity contribution is 0.272. The second-order valence-electron chi connectivity index (χ2n) is 4.85. The predicted octanol–water partition coefficient (Wildman–Crippen LogP) is 3.39. The van der Waals surface area contributed by atoms with Crippen LogP contribution in [0.3, 0.4) is 0 Å². The highest BCUT2D eigenvalue weighted by Gasteiger charge is 2.13. The van der Waals surface area contributed by atoms with Crippen LogP contribution >= 0.6 is 10.7 Å². The van der Waals surface area contributed by atoms with Gasteiger partial charge in [0.15, 0.2) is 0 Å². The van der Waals surface area contributed by atoms with Crippen LogP contribution < -0.4 is 4.74 Å². The molecule has 0 saturated carbocycles. The average molecular weight is 291 g/mol. The van der Waals surface area contributed by atoms with Crippen LogP contribution in [-0.2, 0) is 9.05 Å². The molecule has 0 aliphatic rings. The van der Waals surface area contributed by atoms with Gasteiger partial charge in [-0.15, -0.1) is 0 Å².